The first-order chi connectivity index (χ1) is 6.45. The first-order valence-corrected chi connectivity index (χ1v) is 3.81. The predicted molar refractivity (Wildman–Crippen MR) is 45.6 cm³/mol. The Morgan fingerprint density at radius 1 is 1.21 bits per heavy atom. The molecule has 0 aliphatic rings. The lowest BCUT2D eigenvalue weighted by atomic mass is 10.1. The summed E-state index contributed by atoms with van der Waals surface area (Å²) >= 11 is 0. The number of oxime groups is 1. The predicted octanol–water partition coefficient (Wildman–Crippen LogP) is 2.74. The van der Waals surface area contributed by atoms with Crippen LogP contribution in [0.15, 0.2) is 29.4 Å². The van der Waals surface area contributed by atoms with Gasteiger partial charge in [-0.25, -0.2) is 0 Å². The van der Waals surface area contributed by atoms with E-state index in [0.717, 1.165) is 5.56 Å². The van der Waals surface area contributed by atoms with Gasteiger partial charge in [-0.1, -0.05) is 35.0 Å². The number of alkyl halides is 3. The van der Waals surface area contributed by atoms with E-state index in [0.29, 0.717) is 0 Å². The third-order valence-electron chi connectivity index (χ3n) is 1.69. The number of aryl methyl sites for hydroxylation is 1. The Balaban J connectivity index is 3.10. The summed E-state index contributed by atoms with van der Waals surface area (Å²) in [5.74, 6) is 0. The molecule has 1 aromatic carbocycles. The molecule has 1 rings (SSSR count). The van der Waals surface area contributed by atoms with Crippen LogP contribution in [-0.2, 0) is 0 Å². The van der Waals surface area contributed by atoms with E-state index in [4.69, 9.17) is 5.21 Å². The highest BCUT2D eigenvalue weighted by Crippen LogP contribution is 2.22. The Hall–Kier alpha value is -1.52. The van der Waals surface area contributed by atoms with E-state index in [1.807, 2.05) is 0 Å². The molecule has 5 heteroatoms. The van der Waals surface area contributed by atoms with E-state index < -0.39 is 11.9 Å². The Bertz CT molecular complexity index is 340. The van der Waals surface area contributed by atoms with Gasteiger partial charge in [-0.15, -0.1) is 0 Å². The second-order valence-corrected chi connectivity index (χ2v) is 2.81. The highest BCUT2D eigenvalue weighted by Gasteiger charge is 2.37. The number of hydrogen-bond donors (Lipinski definition) is 1. The lowest BCUT2D eigenvalue weighted by Gasteiger charge is -2.08. The molecule has 0 amide bonds. The van der Waals surface area contributed by atoms with E-state index in [1.165, 1.54) is 24.3 Å². The van der Waals surface area contributed by atoms with E-state index >= 15 is 0 Å². The quantitative estimate of drug-likeness (QED) is 0.425. The Morgan fingerprint density at radius 2 is 1.71 bits per heavy atom. The lowest BCUT2D eigenvalue weighted by molar-refractivity contribution is -0.0601. The maximum Gasteiger partial charge on any atom is 0.437 e. The molecular weight excluding hydrogens is 195 g/mol. The minimum absolute atomic E-state index is 0.148. The van der Waals surface area contributed by atoms with E-state index in [1.54, 1.807) is 6.92 Å². The molecule has 1 aromatic rings. The van der Waals surface area contributed by atoms with Crippen molar-refractivity contribution in [2.24, 2.45) is 5.16 Å². The fourth-order valence-corrected chi connectivity index (χ4v) is 0.990. The third-order valence-corrected chi connectivity index (χ3v) is 1.69. The normalized spacial score (nSPS) is 13.0. The second-order valence-electron chi connectivity index (χ2n) is 2.81. The molecule has 1 N–H and O–H groups in total. The fourth-order valence-electron chi connectivity index (χ4n) is 0.990. The maximum absolute atomic E-state index is 12.2. The van der Waals surface area contributed by atoms with Gasteiger partial charge in [0.05, 0.1) is 0 Å². The SMILES string of the molecule is Cc1ccc(/C(=N\O)C(F)(F)F)cc1. The third kappa shape index (κ3) is 2.25. The van der Waals surface area contributed by atoms with E-state index in [2.05, 4.69) is 5.16 Å². The van der Waals surface area contributed by atoms with Crippen LogP contribution in [0.4, 0.5) is 13.2 Å². The van der Waals surface area contributed by atoms with Crippen molar-refractivity contribution in [2.45, 2.75) is 13.1 Å². The molecule has 0 saturated heterocycles. The largest absolute Gasteiger partial charge is 0.437 e. The van der Waals surface area contributed by atoms with Gasteiger partial charge >= 0.3 is 6.18 Å². The second kappa shape index (κ2) is 3.69. The van der Waals surface area contributed by atoms with Crippen molar-refractivity contribution < 1.29 is 18.4 Å². The average molecular weight is 203 g/mol. The van der Waals surface area contributed by atoms with Crippen molar-refractivity contribution in [1.29, 1.82) is 0 Å². The summed E-state index contributed by atoms with van der Waals surface area (Å²) in [5.41, 5.74) is -0.587. The summed E-state index contributed by atoms with van der Waals surface area (Å²) in [5, 5.41) is 10.5. The summed E-state index contributed by atoms with van der Waals surface area (Å²) in [6.45, 7) is 1.76. The zero-order chi connectivity index (χ0) is 10.8. The summed E-state index contributed by atoms with van der Waals surface area (Å²) in [4.78, 5) is 0. The molecule has 76 valence electrons. The van der Waals surface area contributed by atoms with Crippen LogP contribution >= 0.6 is 0 Å². The minimum atomic E-state index is -4.63. The van der Waals surface area contributed by atoms with Crippen LogP contribution in [0.2, 0.25) is 0 Å². The van der Waals surface area contributed by atoms with Crippen LogP contribution in [0.3, 0.4) is 0 Å². The molecular formula is C9H8F3NO. The molecule has 0 atom stereocenters. The standard InChI is InChI=1S/C9H8F3NO/c1-6-2-4-7(5-3-6)8(13-14)9(10,11)12/h2-5,14H,1H3/b13-8+. The number of benzene rings is 1. The van der Waals surface area contributed by atoms with Crippen molar-refractivity contribution in [3.05, 3.63) is 35.4 Å². The van der Waals surface area contributed by atoms with Gasteiger partial charge in [0.1, 0.15) is 0 Å². The van der Waals surface area contributed by atoms with Crippen molar-refractivity contribution in [1.82, 2.24) is 0 Å². The van der Waals surface area contributed by atoms with Crippen LogP contribution in [0.25, 0.3) is 0 Å². The molecule has 0 aliphatic heterocycles. The number of nitrogens with zero attached hydrogens (tertiary/aromatic N) is 1. The smallest absolute Gasteiger partial charge is 0.410 e. The Morgan fingerprint density at radius 3 is 2.07 bits per heavy atom. The monoisotopic (exact) mass is 203 g/mol. The number of hydrogen-bond acceptors (Lipinski definition) is 2. The first kappa shape index (κ1) is 10.6. The van der Waals surface area contributed by atoms with E-state index in [9.17, 15) is 13.2 Å². The van der Waals surface area contributed by atoms with Gasteiger partial charge in [0, 0.05) is 5.56 Å². The van der Waals surface area contributed by atoms with Gasteiger partial charge in [-0.2, -0.15) is 13.2 Å². The molecule has 0 bridgehead atoms. The lowest BCUT2D eigenvalue weighted by Crippen LogP contribution is -2.23. The summed E-state index contributed by atoms with van der Waals surface area (Å²) in [7, 11) is 0. The zero-order valence-electron chi connectivity index (χ0n) is 7.34. The Labute approximate surface area is 78.7 Å². The van der Waals surface area contributed by atoms with Crippen molar-refractivity contribution in [2.75, 3.05) is 0 Å². The summed E-state index contributed by atoms with van der Waals surface area (Å²) in [6.07, 6.45) is -4.63. The average Bonchev–Trinajstić information content (AvgIpc) is 2.07. The maximum atomic E-state index is 12.2. The Kier molecular flexibility index (Phi) is 2.78. The van der Waals surface area contributed by atoms with Crippen LogP contribution in [0, 0.1) is 6.92 Å². The molecule has 0 spiro atoms. The van der Waals surface area contributed by atoms with Crippen LogP contribution < -0.4 is 0 Å². The highest BCUT2D eigenvalue weighted by atomic mass is 19.4. The van der Waals surface area contributed by atoms with Gasteiger partial charge < -0.3 is 5.21 Å². The number of halogens is 3. The molecule has 0 radical (unpaired) electrons. The van der Waals surface area contributed by atoms with Gasteiger partial charge in [0.2, 0.25) is 0 Å². The van der Waals surface area contributed by atoms with Gasteiger partial charge in [0.15, 0.2) is 5.71 Å². The molecule has 0 unspecified atom stereocenters. The van der Waals surface area contributed by atoms with Gasteiger partial charge in [-0.05, 0) is 6.92 Å². The molecule has 0 heterocycles. The summed E-state index contributed by atoms with van der Waals surface area (Å²) in [6, 6.07) is 5.56. The van der Waals surface area contributed by atoms with Crippen LogP contribution in [-0.4, -0.2) is 17.1 Å². The van der Waals surface area contributed by atoms with Crippen molar-refractivity contribution in [3.63, 3.8) is 0 Å². The van der Waals surface area contributed by atoms with E-state index in [-0.39, 0.29) is 5.56 Å². The van der Waals surface area contributed by atoms with Gasteiger partial charge in [-0.3, -0.25) is 0 Å². The van der Waals surface area contributed by atoms with Gasteiger partial charge in [0.25, 0.3) is 0 Å². The van der Waals surface area contributed by atoms with Crippen molar-refractivity contribution >= 4 is 5.71 Å². The fraction of sp³-hybridized carbons (Fsp3) is 0.222. The topological polar surface area (TPSA) is 32.6 Å². The van der Waals surface area contributed by atoms with Crippen molar-refractivity contribution in [3.8, 4) is 0 Å². The molecule has 0 aliphatic carbocycles. The molecule has 0 saturated carbocycles. The van der Waals surface area contributed by atoms with Crippen LogP contribution in [0.5, 0.6) is 0 Å². The van der Waals surface area contributed by atoms with Crippen LogP contribution in [0.1, 0.15) is 11.1 Å². The first-order valence-electron chi connectivity index (χ1n) is 3.81. The summed E-state index contributed by atoms with van der Waals surface area (Å²) < 4.78 is 36.6. The highest BCUT2D eigenvalue weighted by molar-refractivity contribution is 6.04. The zero-order valence-corrected chi connectivity index (χ0v) is 7.34. The molecule has 2 nitrogen and oxygen atoms in total. The molecule has 0 aromatic heterocycles. The minimum Gasteiger partial charge on any atom is -0.410 e. The molecule has 14 heavy (non-hydrogen) atoms. The molecule has 0 fully saturated rings. The number of rotatable bonds is 1.